The zero-order chi connectivity index (χ0) is 17.7. The Labute approximate surface area is 140 Å². The second kappa shape index (κ2) is 7.64. The number of methoxy groups -OCH3 is 1. The number of pyridine rings is 1. The van der Waals surface area contributed by atoms with Crippen molar-refractivity contribution in [1.82, 2.24) is 4.57 Å². The molecule has 0 bridgehead atoms. The van der Waals surface area contributed by atoms with Crippen LogP contribution in [0.15, 0.2) is 47.4 Å². The van der Waals surface area contributed by atoms with Gasteiger partial charge in [0.2, 0.25) is 0 Å². The molecule has 0 amide bonds. The van der Waals surface area contributed by atoms with Gasteiger partial charge >= 0.3 is 5.97 Å². The number of carbonyl (C=O) groups is 1. The molecule has 0 saturated carbocycles. The van der Waals surface area contributed by atoms with Gasteiger partial charge in [-0.15, -0.1) is 0 Å². The van der Waals surface area contributed by atoms with Crippen molar-refractivity contribution in [2.24, 2.45) is 5.92 Å². The molecule has 1 aromatic heterocycles. The predicted molar refractivity (Wildman–Crippen MR) is 94.1 cm³/mol. The Kier molecular flexibility index (Phi) is 5.58. The number of benzene rings is 1. The molecular weight excluding hydrogens is 306 g/mol. The number of aliphatic carboxylic acids is 1. The lowest BCUT2D eigenvalue weighted by atomic mass is 10.0. The first-order valence-electron chi connectivity index (χ1n) is 7.69. The molecule has 126 valence electrons. The van der Waals surface area contributed by atoms with Crippen LogP contribution in [0, 0.1) is 5.92 Å². The summed E-state index contributed by atoms with van der Waals surface area (Å²) in [5.74, 6) is -0.432. The number of hydrogen-bond donors (Lipinski definition) is 1. The number of ether oxygens (including phenoxy) is 1. The Morgan fingerprint density at radius 3 is 2.38 bits per heavy atom. The van der Waals surface area contributed by atoms with E-state index in [9.17, 15) is 14.7 Å². The molecule has 1 unspecified atom stereocenters. The summed E-state index contributed by atoms with van der Waals surface area (Å²) in [6.45, 7) is 3.56. The summed E-state index contributed by atoms with van der Waals surface area (Å²) >= 11 is 0. The third-order valence-corrected chi connectivity index (χ3v) is 3.72. The van der Waals surface area contributed by atoms with Gasteiger partial charge < -0.3 is 14.4 Å². The predicted octanol–water partition coefficient (Wildman–Crippen LogP) is 3.31. The number of hydrogen-bond acceptors (Lipinski definition) is 3. The SMILES string of the molecule is COc1cccc(/C=C/c2ccn(C(C(=O)O)C(C)C)c(=O)c2)c1. The van der Waals surface area contributed by atoms with Crippen molar-refractivity contribution in [1.29, 1.82) is 0 Å². The van der Waals surface area contributed by atoms with Gasteiger partial charge in [0.05, 0.1) is 7.11 Å². The number of rotatable bonds is 6. The average Bonchev–Trinajstić information content (AvgIpc) is 2.54. The molecule has 2 rings (SSSR count). The van der Waals surface area contributed by atoms with Crippen LogP contribution >= 0.6 is 0 Å². The topological polar surface area (TPSA) is 68.5 Å². The highest BCUT2D eigenvalue weighted by Gasteiger charge is 2.23. The minimum Gasteiger partial charge on any atom is -0.497 e. The van der Waals surface area contributed by atoms with Gasteiger partial charge in [0.25, 0.3) is 5.56 Å². The quantitative estimate of drug-likeness (QED) is 0.884. The van der Waals surface area contributed by atoms with E-state index in [1.165, 1.54) is 16.8 Å². The van der Waals surface area contributed by atoms with Gasteiger partial charge in [-0.25, -0.2) is 4.79 Å². The van der Waals surface area contributed by atoms with E-state index in [-0.39, 0.29) is 11.5 Å². The number of carboxylic acids is 1. The van der Waals surface area contributed by atoms with Crippen molar-refractivity contribution in [3.8, 4) is 5.75 Å². The largest absolute Gasteiger partial charge is 0.497 e. The van der Waals surface area contributed by atoms with Crippen molar-refractivity contribution < 1.29 is 14.6 Å². The third kappa shape index (κ3) is 4.13. The minimum atomic E-state index is -1.01. The Morgan fingerprint density at radius 1 is 1.17 bits per heavy atom. The molecule has 0 aliphatic carbocycles. The van der Waals surface area contributed by atoms with Crippen LogP contribution in [0.5, 0.6) is 5.75 Å². The molecule has 0 fully saturated rings. The van der Waals surface area contributed by atoms with Crippen LogP contribution < -0.4 is 10.3 Å². The van der Waals surface area contributed by atoms with Gasteiger partial charge in [-0.1, -0.05) is 38.1 Å². The zero-order valence-electron chi connectivity index (χ0n) is 14.0. The van der Waals surface area contributed by atoms with Crippen LogP contribution in [0.2, 0.25) is 0 Å². The summed E-state index contributed by atoms with van der Waals surface area (Å²) in [4.78, 5) is 23.6. The van der Waals surface area contributed by atoms with Crippen LogP contribution in [0.1, 0.15) is 31.0 Å². The molecule has 5 nitrogen and oxygen atoms in total. The monoisotopic (exact) mass is 327 g/mol. The van der Waals surface area contributed by atoms with E-state index in [2.05, 4.69) is 0 Å². The second-order valence-electron chi connectivity index (χ2n) is 5.84. The molecule has 0 aliphatic heterocycles. The Bertz CT molecular complexity index is 805. The van der Waals surface area contributed by atoms with Crippen LogP contribution in [0.4, 0.5) is 0 Å². The first kappa shape index (κ1) is 17.5. The van der Waals surface area contributed by atoms with Crippen molar-refractivity contribution in [2.75, 3.05) is 7.11 Å². The Hall–Kier alpha value is -2.82. The number of carboxylic acid groups (broad SMARTS) is 1. The Balaban J connectivity index is 2.27. The highest BCUT2D eigenvalue weighted by molar-refractivity contribution is 5.72. The van der Waals surface area contributed by atoms with E-state index in [0.29, 0.717) is 5.56 Å². The van der Waals surface area contributed by atoms with Gasteiger partial charge in [-0.2, -0.15) is 0 Å². The molecule has 24 heavy (non-hydrogen) atoms. The molecule has 1 atom stereocenters. The fourth-order valence-electron chi connectivity index (χ4n) is 2.50. The number of nitrogens with zero attached hydrogens (tertiary/aromatic N) is 1. The third-order valence-electron chi connectivity index (χ3n) is 3.72. The first-order valence-corrected chi connectivity index (χ1v) is 7.69. The minimum absolute atomic E-state index is 0.182. The van der Waals surface area contributed by atoms with Gasteiger partial charge in [0.15, 0.2) is 0 Å². The van der Waals surface area contributed by atoms with Gasteiger partial charge in [-0.3, -0.25) is 4.79 Å². The number of aromatic nitrogens is 1. The lowest BCUT2D eigenvalue weighted by Crippen LogP contribution is -2.32. The second-order valence-corrected chi connectivity index (χ2v) is 5.84. The van der Waals surface area contributed by atoms with Crippen LogP contribution in [-0.4, -0.2) is 22.8 Å². The maximum Gasteiger partial charge on any atom is 0.327 e. The summed E-state index contributed by atoms with van der Waals surface area (Å²) in [5.41, 5.74) is 1.33. The Morgan fingerprint density at radius 2 is 1.83 bits per heavy atom. The lowest BCUT2D eigenvalue weighted by Gasteiger charge is -2.19. The molecule has 0 spiro atoms. The van der Waals surface area contributed by atoms with E-state index < -0.39 is 12.0 Å². The van der Waals surface area contributed by atoms with E-state index >= 15 is 0 Å². The van der Waals surface area contributed by atoms with Gasteiger partial charge in [-0.05, 0) is 35.2 Å². The zero-order valence-corrected chi connectivity index (χ0v) is 14.0. The van der Waals surface area contributed by atoms with E-state index in [0.717, 1.165) is 11.3 Å². The lowest BCUT2D eigenvalue weighted by molar-refractivity contribution is -0.142. The average molecular weight is 327 g/mol. The van der Waals surface area contributed by atoms with E-state index in [1.54, 1.807) is 27.0 Å². The molecule has 0 saturated heterocycles. The summed E-state index contributed by atoms with van der Waals surface area (Å²) in [5, 5.41) is 9.31. The molecule has 5 heteroatoms. The van der Waals surface area contributed by atoms with Gasteiger partial charge in [0.1, 0.15) is 11.8 Å². The van der Waals surface area contributed by atoms with Crippen molar-refractivity contribution in [3.63, 3.8) is 0 Å². The first-order chi connectivity index (χ1) is 11.4. The van der Waals surface area contributed by atoms with Gasteiger partial charge in [0, 0.05) is 12.3 Å². The summed E-state index contributed by atoms with van der Waals surface area (Å²) in [6, 6.07) is 9.86. The molecule has 1 aromatic carbocycles. The molecule has 0 aliphatic rings. The van der Waals surface area contributed by atoms with Crippen molar-refractivity contribution in [2.45, 2.75) is 19.9 Å². The summed E-state index contributed by atoms with van der Waals surface area (Å²) < 4.78 is 6.43. The molecule has 1 heterocycles. The molecular formula is C19H21NO4. The van der Waals surface area contributed by atoms with Crippen molar-refractivity contribution in [3.05, 3.63) is 64.1 Å². The smallest absolute Gasteiger partial charge is 0.327 e. The van der Waals surface area contributed by atoms with E-state index in [1.807, 2.05) is 36.4 Å². The standard InChI is InChI=1S/C19H21NO4/c1-13(2)18(19(22)23)20-10-9-15(12-17(20)21)8-7-14-5-4-6-16(11-14)24-3/h4-13,18H,1-3H3,(H,22,23)/b8-7+. The fraction of sp³-hybridized carbons (Fsp3) is 0.263. The normalized spacial score (nSPS) is 12.5. The van der Waals surface area contributed by atoms with Crippen LogP contribution in [-0.2, 0) is 4.79 Å². The summed E-state index contributed by atoms with van der Waals surface area (Å²) in [6.07, 6.45) is 5.22. The molecule has 0 radical (unpaired) electrons. The van der Waals surface area contributed by atoms with Crippen LogP contribution in [0.3, 0.4) is 0 Å². The summed E-state index contributed by atoms with van der Waals surface area (Å²) in [7, 11) is 1.61. The highest BCUT2D eigenvalue weighted by Crippen LogP contribution is 2.17. The maximum atomic E-state index is 12.2. The van der Waals surface area contributed by atoms with Crippen molar-refractivity contribution >= 4 is 18.1 Å². The fourth-order valence-corrected chi connectivity index (χ4v) is 2.50. The molecule has 2 aromatic rings. The molecule has 1 N–H and O–H groups in total. The maximum absolute atomic E-state index is 12.2. The highest BCUT2D eigenvalue weighted by atomic mass is 16.5. The van der Waals surface area contributed by atoms with E-state index in [4.69, 9.17) is 4.74 Å². The van der Waals surface area contributed by atoms with Crippen LogP contribution in [0.25, 0.3) is 12.2 Å².